The van der Waals surface area contributed by atoms with E-state index in [4.69, 9.17) is 0 Å². The molecule has 0 fully saturated rings. The van der Waals surface area contributed by atoms with E-state index in [-0.39, 0.29) is 6.54 Å². The standard InChI is InChI=1S/C7H13NO4/c1-4-12-7(10)8(2)5-6(9)11-3/h4-5H2,1-3H3. The van der Waals surface area contributed by atoms with Crippen LogP contribution in [0.4, 0.5) is 4.79 Å². The number of amides is 1. The summed E-state index contributed by atoms with van der Waals surface area (Å²) in [5, 5.41) is 0. The van der Waals surface area contributed by atoms with Crippen molar-refractivity contribution in [3.63, 3.8) is 0 Å². The highest BCUT2D eigenvalue weighted by Crippen LogP contribution is 1.90. The van der Waals surface area contributed by atoms with Crippen LogP contribution in [0.1, 0.15) is 6.92 Å². The highest BCUT2D eigenvalue weighted by molar-refractivity contribution is 5.77. The normalized spacial score (nSPS) is 8.92. The van der Waals surface area contributed by atoms with Gasteiger partial charge in [0, 0.05) is 7.05 Å². The Morgan fingerprint density at radius 1 is 1.42 bits per heavy atom. The van der Waals surface area contributed by atoms with Gasteiger partial charge in [-0.15, -0.1) is 0 Å². The van der Waals surface area contributed by atoms with Gasteiger partial charge in [-0.3, -0.25) is 4.79 Å². The van der Waals surface area contributed by atoms with E-state index >= 15 is 0 Å². The SMILES string of the molecule is CCOC(=O)N(C)CC(=O)OC. The molecule has 0 aliphatic heterocycles. The molecule has 0 bridgehead atoms. The van der Waals surface area contributed by atoms with E-state index in [9.17, 15) is 9.59 Å². The number of hydrogen-bond donors (Lipinski definition) is 0. The van der Waals surface area contributed by atoms with Gasteiger partial charge in [0.25, 0.3) is 0 Å². The topological polar surface area (TPSA) is 55.8 Å². The molecule has 12 heavy (non-hydrogen) atoms. The van der Waals surface area contributed by atoms with Crippen molar-refractivity contribution in [2.75, 3.05) is 27.3 Å². The Morgan fingerprint density at radius 3 is 2.42 bits per heavy atom. The van der Waals surface area contributed by atoms with Crippen LogP contribution in [0.5, 0.6) is 0 Å². The van der Waals surface area contributed by atoms with E-state index in [1.165, 1.54) is 14.2 Å². The molecule has 0 atom stereocenters. The van der Waals surface area contributed by atoms with Crippen molar-refractivity contribution in [2.45, 2.75) is 6.92 Å². The van der Waals surface area contributed by atoms with E-state index in [2.05, 4.69) is 9.47 Å². The smallest absolute Gasteiger partial charge is 0.410 e. The Kier molecular flexibility index (Phi) is 4.83. The lowest BCUT2D eigenvalue weighted by molar-refractivity contribution is -0.141. The van der Waals surface area contributed by atoms with Crippen molar-refractivity contribution >= 4 is 12.1 Å². The quantitative estimate of drug-likeness (QED) is 0.577. The second-order valence-electron chi connectivity index (χ2n) is 2.13. The van der Waals surface area contributed by atoms with Gasteiger partial charge >= 0.3 is 12.1 Å². The van der Waals surface area contributed by atoms with Gasteiger partial charge in [-0.25, -0.2) is 4.79 Å². The number of hydrogen-bond acceptors (Lipinski definition) is 4. The molecule has 0 saturated carbocycles. The zero-order chi connectivity index (χ0) is 9.56. The Bertz CT molecular complexity index is 169. The summed E-state index contributed by atoms with van der Waals surface area (Å²) in [6.07, 6.45) is -0.525. The van der Waals surface area contributed by atoms with E-state index in [1.807, 2.05) is 0 Å². The maximum absolute atomic E-state index is 10.9. The predicted molar refractivity (Wildman–Crippen MR) is 41.7 cm³/mol. The second kappa shape index (κ2) is 5.40. The average molecular weight is 175 g/mol. The van der Waals surface area contributed by atoms with Gasteiger partial charge in [0.05, 0.1) is 13.7 Å². The first-order valence-electron chi connectivity index (χ1n) is 3.56. The van der Waals surface area contributed by atoms with Crippen LogP contribution >= 0.6 is 0 Å². The third-order valence-electron chi connectivity index (χ3n) is 1.17. The predicted octanol–water partition coefficient (Wildman–Crippen LogP) is 0.248. The third-order valence-corrected chi connectivity index (χ3v) is 1.17. The van der Waals surface area contributed by atoms with Crippen molar-refractivity contribution in [1.82, 2.24) is 4.90 Å². The van der Waals surface area contributed by atoms with E-state index in [1.54, 1.807) is 6.92 Å². The van der Waals surface area contributed by atoms with Crippen LogP contribution in [0.3, 0.4) is 0 Å². The minimum atomic E-state index is -0.525. The zero-order valence-electron chi connectivity index (χ0n) is 7.49. The zero-order valence-corrected chi connectivity index (χ0v) is 7.49. The molecule has 0 N–H and O–H groups in total. The third kappa shape index (κ3) is 3.80. The minimum Gasteiger partial charge on any atom is -0.468 e. The number of carbonyl (C=O) groups excluding carboxylic acids is 2. The molecule has 0 unspecified atom stereocenters. The molecule has 0 heterocycles. The lowest BCUT2D eigenvalue weighted by Gasteiger charge is -2.14. The summed E-state index contributed by atoms with van der Waals surface area (Å²) in [6, 6.07) is 0. The van der Waals surface area contributed by atoms with Crippen LogP contribution in [0.2, 0.25) is 0 Å². The van der Waals surface area contributed by atoms with Crippen LogP contribution < -0.4 is 0 Å². The molecule has 1 amide bonds. The largest absolute Gasteiger partial charge is 0.468 e. The van der Waals surface area contributed by atoms with Crippen molar-refractivity contribution in [1.29, 1.82) is 0 Å². The van der Waals surface area contributed by atoms with Crippen LogP contribution in [-0.4, -0.2) is 44.3 Å². The molecule has 0 aromatic carbocycles. The lowest BCUT2D eigenvalue weighted by atomic mass is 10.6. The fraction of sp³-hybridized carbons (Fsp3) is 0.714. The molecule has 0 spiro atoms. The molecule has 5 nitrogen and oxygen atoms in total. The summed E-state index contributed by atoms with van der Waals surface area (Å²) in [5.74, 6) is -0.467. The highest BCUT2D eigenvalue weighted by Gasteiger charge is 2.12. The number of ether oxygens (including phenoxy) is 2. The van der Waals surface area contributed by atoms with Gasteiger partial charge in [-0.2, -0.15) is 0 Å². The van der Waals surface area contributed by atoms with Crippen LogP contribution in [0.25, 0.3) is 0 Å². The molecular weight excluding hydrogens is 162 g/mol. The van der Waals surface area contributed by atoms with Gasteiger partial charge < -0.3 is 14.4 Å². The Morgan fingerprint density at radius 2 is 2.00 bits per heavy atom. The molecule has 0 saturated heterocycles. The van der Waals surface area contributed by atoms with E-state index in [0.29, 0.717) is 6.61 Å². The monoisotopic (exact) mass is 175 g/mol. The fourth-order valence-corrected chi connectivity index (χ4v) is 0.556. The molecule has 5 heteroatoms. The van der Waals surface area contributed by atoms with Gasteiger partial charge in [-0.1, -0.05) is 0 Å². The number of nitrogens with zero attached hydrogens (tertiary/aromatic N) is 1. The first kappa shape index (κ1) is 10.7. The summed E-state index contributed by atoms with van der Waals surface area (Å²) in [7, 11) is 2.73. The van der Waals surface area contributed by atoms with Crippen molar-refractivity contribution in [3.8, 4) is 0 Å². The van der Waals surface area contributed by atoms with Crippen molar-refractivity contribution < 1.29 is 19.1 Å². The van der Waals surface area contributed by atoms with Crippen molar-refractivity contribution in [2.24, 2.45) is 0 Å². The van der Waals surface area contributed by atoms with Gasteiger partial charge in [-0.05, 0) is 6.92 Å². The second-order valence-corrected chi connectivity index (χ2v) is 2.13. The molecule has 0 aromatic heterocycles. The molecule has 0 radical (unpaired) electrons. The first-order valence-corrected chi connectivity index (χ1v) is 3.56. The molecule has 0 aromatic rings. The van der Waals surface area contributed by atoms with Crippen LogP contribution in [-0.2, 0) is 14.3 Å². The lowest BCUT2D eigenvalue weighted by Crippen LogP contribution is -2.33. The molecule has 0 rings (SSSR count). The van der Waals surface area contributed by atoms with E-state index in [0.717, 1.165) is 4.90 Å². The summed E-state index contributed by atoms with van der Waals surface area (Å²) >= 11 is 0. The van der Waals surface area contributed by atoms with Crippen LogP contribution in [0.15, 0.2) is 0 Å². The summed E-state index contributed by atoms with van der Waals surface area (Å²) in [6.45, 7) is 1.91. The maximum Gasteiger partial charge on any atom is 0.410 e. The summed E-state index contributed by atoms with van der Waals surface area (Å²) in [5.41, 5.74) is 0. The minimum absolute atomic E-state index is 0.0880. The number of carbonyl (C=O) groups is 2. The number of rotatable bonds is 3. The summed E-state index contributed by atoms with van der Waals surface area (Å²) in [4.78, 5) is 22.7. The number of esters is 1. The van der Waals surface area contributed by atoms with Gasteiger partial charge in [0.2, 0.25) is 0 Å². The molecular formula is C7H13NO4. The average Bonchev–Trinajstić information content (AvgIpc) is 2.04. The first-order chi connectivity index (χ1) is 5.61. The molecule has 0 aliphatic carbocycles. The van der Waals surface area contributed by atoms with E-state index < -0.39 is 12.1 Å². The number of likely N-dealkylation sites (N-methyl/N-ethyl adjacent to an activating group) is 1. The van der Waals surface area contributed by atoms with Crippen molar-refractivity contribution in [3.05, 3.63) is 0 Å². The van der Waals surface area contributed by atoms with Gasteiger partial charge in [0.15, 0.2) is 0 Å². The Hall–Kier alpha value is -1.26. The number of methoxy groups -OCH3 is 1. The Balaban J connectivity index is 3.78. The maximum atomic E-state index is 10.9. The van der Waals surface area contributed by atoms with Gasteiger partial charge in [0.1, 0.15) is 6.54 Å². The molecule has 70 valence electrons. The molecule has 0 aliphatic rings. The summed E-state index contributed by atoms with van der Waals surface area (Å²) < 4.78 is 8.99. The fourth-order valence-electron chi connectivity index (χ4n) is 0.556. The highest BCUT2D eigenvalue weighted by atomic mass is 16.6. The van der Waals surface area contributed by atoms with Crippen LogP contribution in [0, 0.1) is 0 Å². The Labute approximate surface area is 71.2 Å².